The van der Waals surface area contributed by atoms with E-state index in [2.05, 4.69) is 10.3 Å². The van der Waals surface area contributed by atoms with Gasteiger partial charge in [-0.2, -0.15) is 0 Å². The van der Waals surface area contributed by atoms with Gasteiger partial charge >= 0.3 is 12.1 Å². The van der Waals surface area contributed by atoms with Gasteiger partial charge in [0.05, 0.1) is 11.7 Å². The van der Waals surface area contributed by atoms with Gasteiger partial charge in [0.1, 0.15) is 5.60 Å². The van der Waals surface area contributed by atoms with Gasteiger partial charge in [-0.05, 0) is 40.5 Å². The fraction of sp³-hybridized carbons (Fsp3) is 0.714. The Morgan fingerprint density at radius 2 is 2.05 bits per heavy atom. The highest BCUT2D eigenvalue weighted by Gasteiger charge is 2.30. The van der Waals surface area contributed by atoms with Gasteiger partial charge in [0.15, 0.2) is 5.69 Å². The van der Waals surface area contributed by atoms with Gasteiger partial charge in [-0.1, -0.05) is 5.21 Å². The average Bonchev–Trinajstić information content (AvgIpc) is 2.79. The minimum absolute atomic E-state index is 0.0469. The van der Waals surface area contributed by atoms with E-state index in [1.165, 1.54) is 0 Å². The van der Waals surface area contributed by atoms with Crippen LogP contribution in [0.1, 0.15) is 55.8 Å². The van der Waals surface area contributed by atoms with Crippen molar-refractivity contribution in [1.82, 2.24) is 19.9 Å². The van der Waals surface area contributed by atoms with Crippen LogP contribution in [-0.2, 0) is 4.74 Å². The van der Waals surface area contributed by atoms with E-state index in [0.29, 0.717) is 18.8 Å². The molecule has 2 heterocycles. The van der Waals surface area contributed by atoms with Crippen LogP contribution in [0.4, 0.5) is 4.79 Å². The van der Waals surface area contributed by atoms with Crippen molar-refractivity contribution >= 4 is 12.1 Å². The summed E-state index contributed by atoms with van der Waals surface area (Å²) in [6.07, 6.45) is 1.28. The van der Waals surface area contributed by atoms with E-state index >= 15 is 0 Å². The fourth-order valence-corrected chi connectivity index (χ4v) is 2.53. The van der Waals surface area contributed by atoms with Gasteiger partial charge in [0.2, 0.25) is 0 Å². The van der Waals surface area contributed by atoms with Crippen molar-refractivity contribution in [2.45, 2.75) is 52.2 Å². The highest BCUT2D eigenvalue weighted by Crippen LogP contribution is 2.24. The van der Waals surface area contributed by atoms with Crippen molar-refractivity contribution in [1.29, 1.82) is 0 Å². The van der Waals surface area contributed by atoms with Crippen LogP contribution in [-0.4, -0.2) is 55.8 Å². The number of carboxylic acids is 1. The lowest BCUT2D eigenvalue weighted by Crippen LogP contribution is -2.43. The first-order chi connectivity index (χ1) is 10.2. The zero-order valence-electron chi connectivity index (χ0n) is 13.4. The predicted octanol–water partition coefficient (Wildman–Crippen LogP) is 1.86. The summed E-state index contributed by atoms with van der Waals surface area (Å²) in [5, 5.41) is 16.7. The number of carbonyl (C=O) groups is 2. The lowest BCUT2D eigenvalue weighted by molar-refractivity contribution is 0.0165. The summed E-state index contributed by atoms with van der Waals surface area (Å²) in [5.41, 5.74) is -0.0816. The Hall–Kier alpha value is -2.12. The summed E-state index contributed by atoms with van der Waals surface area (Å²) < 4.78 is 6.98. The molecule has 1 aliphatic rings. The lowest BCUT2D eigenvalue weighted by Gasteiger charge is -2.34. The lowest BCUT2D eigenvalue weighted by atomic mass is 10.1. The minimum atomic E-state index is -1.09. The molecule has 1 aromatic heterocycles. The third-order valence-electron chi connectivity index (χ3n) is 3.52. The predicted molar refractivity (Wildman–Crippen MR) is 77.8 cm³/mol. The molecule has 1 saturated heterocycles. The Morgan fingerprint density at radius 3 is 2.59 bits per heavy atom. The molecule has 22 heavy (non-hydrogen) atoms. The molecule has 1 aromatic rings. The number of aromatic carboxylic acids is 1. The Labute approximate surface area is 129 Å². The van der Waals surface area contributed by atoms with Crippen molar-refractivity contribution in [2.75, 3.05) is 13.1 Å². The first kappa shape index (κ1) is 16.3. The Morgan fingerprint density at radius 1 is 1.36 bits per heavy atom. The molecule has 0 saturated carbocycles. The number of hydrogen-bond donors (Lipinski definition) is 1. The normalized spacial score (nSPS) is 19.1. The van der Waals surface area contributed by atoms with Gasteiger partial charge in [-0.25, -0.2) is 14.3 Å². The number of amides is 1. The summed E-state index contributed by atoms with van der Waals surface area (Å²) >= 11 is 0. The highest BCUT2D eigenvalue weighted by atomic mass is 16.6. The summed E-state index contributed by atoms with van der Waals surface area (Å²) in [6, 6.07) is -0.0816. The average molecular weight is 310 g/mol. The molecule has 8 nitrogen and oxygen atoms in total. The molecular formula is C14H22N4O4. The van der Waals surface area contributed by atoms with Crippen LogP contribution in [0.25, 0.3) is 0 Å². The topological polar surface area (TPSA) is 97.5 Å². The molecule has 2 rings (SSSR count). The van der Waals surface area contributed by atoms with Gasteiger partial charge in [-0.15, -0.1) is 5.10 Å². The van der Waals surface area contributed by atoms with Crippen molar-refractivity contribution < 1.29 is 19.4 Å². The fourth-order valence-electron chi connectivity index (χ4n) is 2.53. The molecule has 8 heteroatoms. The molecule has 0 bridgehead atoms. The second kappa shape index (κ2) is 5.94. The molecule has 0 spiro atoms. The minimum Gasteiger partial charge on any atom is -0.476 e. The molecular weight excluding hydrogens is 288 g/mol. The maximum Gasteiger partial charge on any atom is 0.410 e. The van der Waals surface area contributed by atoms with Crippen molar-refractivity contribution in [3.8, 4) is 0 Å². The van der Waals surface area contributed by atoms with Crippen LogP contribution in [0.3, 0.4) is 0 Å². The van der Waals surface area contributed by atoms with E-state index < -0.39 is 11.6 Å². The van der Waals surface area contributed by atoms with E-state index in [1.54, 1.807) is 16.5 Å². The zero-order chi connectivity index (χ0) is 16.5. The van der Waals surface area contributed by atoms with E-state index in [0.717, 1.165) is 12.8 Å². The third-order valence-corrected chi connectivity index (χ3v) is 3.52. The number of nitrogens with zero attached hydrogens (tertiary/aromatic N) is 4. The van der Waals surface area contributed by atoms with Crippen molar-refractivity contribution in [3.63, 3.8) is 0 Å². The molecule has 0 radical (unpaired) electrons. The maximum atomic E-state index is 12.2. The number of ether oxygens (including phenoxy) is 1. The third kappa shape index (κ3) is 3.55. The number of likely N-dealkylation sites (tertiary alicyclic amines) is 1. The first-order valence-corrected chi connectivity index (χ1v) is 7.32. The number of piperidine rings is 1. The number of aromatic nitrogens is 3. The van der Waals surface area contributed by atoms with Gasteiger partial charge in [0.25, 0.3) is 0 Å². The quantitative estimate of drug-likeness (QED) is 0.895. The Bertz CT molecular complexity index is 576. The molecule has 0 aromatic carbocycles. The van der Waals surface area contributed by atoms with Crippen molar-refractivity contribution in [2.24, 2.45) is 0 Å². The molecule has 0 unspecified atom stereocenters. The second-order valence-electron chi connectivity index (χ2n) is 6.50. The molecule has 1 fully saturated rings. The number of rotatable bonds is 2. The van der Waals surface area contributed by atoms with Gasteiger partial charge in [-0.3, -0.25) is 0 Å². The second-order valence-corrected chi connectivity index (χ2v) is 6.50. The largest absolute Gasteiger partial charge is 0.476 e. The van der Waals surface area contributed by atoms with Gasteiger partial charge in [0, 0.05) is 13.1 Å². The van der Waals surface area contributed by atoms with Crippen molar-refractivity contribution in [3.05, 3.63) is 11.4 Å². The molecule has 1 amide bonds. The molecule has 122 valence electrons. The summed E-state index contributed by atoms with van der Waals surface area (Å²) in [6.45, 7) is 8.23. The SMILES string of the molecule is Cc1c(C(=O)O)nnn1[C@@H]1CCCN(C(=O)OC(C)(C)C)C1. The van der Waals surface area contributed by atoms with Gasteiger partial charge < -0.3 is 14.7 Å². The van der Waals surface area contributed by atoms with E-state index in [1.807, 2.05) is 20.8 Å². The number of carboxylic acid groups (broad SMARTS) is 1. The summed E-state index contributed by atoms with van der Waals surface area (Å²) in [7, 11) is 0. The van der Waals surface area contributed by atoms with Crippen LogP contribution < -0.4 is 0 Å². The zero-order valence-corrected chi connectivity index (χ0v) is 13.4. The molecule has 0 aliphatic carbocycles. The number of carbonyl (C=O) groups excluding carboxylic acids is 1. The smallest absolute Gasteiger partial charge is 0.410 e. The van der Waals surface area contributed by atoms with Crippen LogP contribution in [0.5, 0.6) is 0 Å². The standard InChI is InChI=1S/C14H22N4O4/c1-9-11(12(19)20)15-16-18(9)10-6-5-7-17(8-10)13(21)22-14(2,3)4/h10H,5-8H2,1-4H3,(H,19,20)/t10-/m1/s1. The van der Waals surface area contributed by atoms with E-state index in [-0.39, 0.29) is 17.8 Å². The van der Waals surface area contributed by atoms with E-state index in [4.69, 9.17) is 9.84 Å². The highest BCUT2D eigenvalue weighted by molar-refractivity contribution is 5.86. The summed E-state index contributed by atoms with van der Waals surface area (Å²) in [4.78, 5) is 24.8. The van der Waals surface area contributed by atoms with Crippen LogP contribution in [0.2, 0.25) is 0 Å². The number of hydrogen-bond acceptors (Lipinski definition) is 5. The molecule has 1 aliphatic heterocycles. The van der Waals surface area contributed by atoms with Crippen LogP contribution in [0, 0.1) is 6.92 Å². The Balaban J connectivity index is 2.11. The monoisotopic (exact) mass is 310 g/mol. The van der Waals surface area contributed by atoms with Crippen LogP contribution in [0.15, 0.2) is 0 Å². The first-order valence-electron chi connectivity index (χ1n) is 7.32. The summed E-state index contributed by atoms with van der Waals surface area (Å²) in [5.74, 6) is -1.09. The molecule has 1 atom stereocenters. The van der Waals surface area contributed by atoms with Crippen LogP contribution >= 0.6 is 0 Å². The molecule has 1 N–H and O–H groups in total. The van der Waals surface area contributed by atoms with E-state index in [9.17, 15) is 9.59 Å². The Kier molecular flexibility index (Phi) is 4.39. The maximum absolute atomic E-state index is 12.2.